The van der Waals surface area contributed by atoms with Gasteiger partial charge in [-0.05, 0) is 68.7 Å². The van der Waals surface area contributed by atoms with Crippen LogP contribution in [-0.4, -0.2) is 22.7 Å². The Kier molecular flexibility index (Phi) is 5.24. The maximum absolute atomic E-state index is 9.64. The molecule has 0 amide bonds. The van der Waals surface area contributed by atoms with Crippen molar-refractivity contribution in [3.63, 3.8) is 0 Å². The van der Waals surface area contributed by atoms with Crippen LogP contribution in [0.2, 0.25) is 0 Å². The normalized spacial score (nSPS) is 13.1. The lowest BCUT2D eigenvalue weighted by molar-refractivity contribution is 0.359. The molecule has 2 aromatic carbocycles. The lowest BCUT2D eigenvalue weighted by Crippen LogP contribution is -2.42. The van der Waals surface area contributed by atoms with E-state index >= 15 is 0 Å². The van der Waals surface area contributed by atoms with Crippen molar-refractivity contribution in [1.29, 1.82) is 0 Å². The van der Waals surface area contributed by atoms with E-state index in [4.69, 9.17) is 4.98 Å². The zero-order chi connectivity index (χ0) is 18.9. The molecule has 3 nitrogen and oxygen atoms in total. The number of aromatic nitrogens is 1. The first-order valence-electron chi connectivity index (χ1n) is 9.24. The van der Waals surface area contributed by atoms with Crippen molar-refractivity contribution in [3.05, 3.63) is 42.5 Å². The fourth-order valence-electron chi connectivity index (χ4n) is 3.35. The topological polar surface area (TPSA) is 36.4 Å². The first kappa shape index (κ1) is 18.7. The second kappa shape index (κ2) is 7.28. The van der Waals surface area contributed by atoms with Crippen molar-refractivity contribution in [3.8, 4) is 16.3 Å². The van der Waals surface area contributed by atoms with Gasteiger partial charge in [-0.1, -0.05) is 20.3 Å². The molecule has 3 aromatic rings. The van der Waals surface area contributed by atoms with E-state index in [2.05, 4.69) is 63.9 Å². The van der Waals surface area contributed by atoms with Gasteiger partial charge in [0.15, 0.2) is 0 Å². The third kappa shape index (κ3) is 3.85. The van der Waals surface area contributed by atoms with Gasteiger partial charge in [-0.25, -0.2) is 4.98 Å². The van der Waals surface area contributed by atoms with Gasteiger partial charge in [0.1, 0.15) is 10.8 Å². The van der Waals surface area contributed by atoms with Crippen molar-refractivity contribution >= 4 is 27.2 Å². The number of phenolic OH excluding ortho intramolecular Hbond substituents is 1. The number of aromatic hydroxyl groups is 1. The Morgan fingerprint density at radius 3 is 2.50 bits per heavy atom. The van der Waals surface area contributed by atoms with Crippen molar-refractivity contribution in [1.82, 2.24) is 4.98 Å². The third-order valence-corrected chi connectivity index (χ3v) is 6.39. The summed E-state index contributed by atoms with van der Waals surface area (Å²) in [6.07, 6.45) is 2.38. The summed E-state index contributed by atoms with van der Waals surface area (Å²) in [7, 11) is 2.18. The molecule has 1 atom stereocenters. The highest BCUT2D eigenvalue weighted by molar-refractivity contribution is 7.21. The molecule has 3 rings (SSSR count). The van der Waals surface area contributed by atoms with Crippen molar-refractivity contribution in [2.75, 3.05) is 11.9 Å². The van der Waals surface area contributed by atoms with Crippen LogP contribution in [0.3, 0.4) is 0 Å². The standard InChI is InChI=1S/C22H28N2OS/c1-6-15(2)14-22(3,4)24(5)17-9-7-16(8-10-17)21-23-19-12-11-18(25)13-20(19)26-21/h7-13,15,25H,6,14H2,1-5H3. The van der Waals surface area contributed by atoms with Crippen LogP contribution < -0.4 is 4.90 Å². The van der Waals surface area contributed by atoms with Gasteiger partial charge < -0.3 is 10.0 Å². The van der Waals surface area contributed by atoms with E-state index in [1.165, 1.54) is 18.5 Å². The number of fused-ring (bicyclic) bond motifs is 1. The van der Waals surface area contributed by atoms with Crippen LogP contribution in [-0.2, 0) is 0 Å². The minimum atomic E-state index is 0.115. The summed E-state index contributed by atoms with van der Waals surface area (Å²) in [6.45, 7) is 9.21. The highest BCUT2D eigenvalue weighted by atomic mass is 32.1. The molecule has 0 bridgehead atoms. The average Bonchev–Trinajstić information content (AvgIpc) is 3.03. The number of thiazole rings is 1. The van der Waals surface area contributed by atoms with Crippen LogP contribution >= 0.6 is 11.3 Å². The lowest BCUT2D eigenvalue weighted by Gasteiger charge is -2.39. The number of anilines is 1. The first-order chi connectivity index (χ1) is 12.3. The van der Waals surface area contributed by atoms with Gasteiger partial charge in [0.2, 0.25) is 0 Å². The molecule has 4 heteroatoms. The zero-order valence-electron chi connectivity index (χ0n) is 16.3. The van der Waals surface area contributed by atoms with Crippen molar-refractivity contribution in [2.45, 2.75) is 46.1 Å². The average molecular weight is 369 g/mol. The number of benzene rings is 2. The monoisotopic (exact) mass is 368 g/mol. The maximum Gasteiger partial charge on any atom is 0.124 e. The Balaban J connectivity index is 1.83. The van der Waals surface area contributed by atoms with Crippen LogP contribution in [0.4, 0.5) is 5.69 Å². The number of rotatable bonds is 6. The molecule has 1 heterocycles. The molecule has 138 valence electrons. The molecule has 0 aliphatic heterocycles. The van der Waals surface area contributed by atoms with Gasteiger partial charge in [0.25, 0.3) is 0 Å². The van der Waals surface area contributed by atoms with E-state index in [-0.39, 0.29) is 11.3 Å². The van der Waals surface area contributed by atoms with E-state index in [0.717, 1.165) is 20.8 Å². The third-order valence-electron chi connectivity index (χ3n) is 5.33. The van der Waals surface area contributed by atoms with Gasteiger partial charge in [-0.2, -0.15) is 0 Å². The Hall–Kier alpha value is -2.07. The first-order valence-corrected chi connectivity index (χ1v) is 10.1. The van der Waals surface area contributed by atoms with E-state index in [0.29, 0.717) is 5.92 Å². The molecule has 0 fully saturated rings. The van der Waals surface area contributed by atoms with E-state index in [9.17, 15) is 5.11 Å². The summed E-state index contributed by atoms with van der Waals surface area (Å²) in [5, 5.41) is 10.6. The largest absolute Gasteiger partial charge is 0.508 e. The smallest absolute Gasteiger partial charge is 0.124 e. The molecule has 0 saturated heterocycles. The second-order valence-electron chi connectivity index (χ2n) is 7.81. The Morgan fingerprint density at radius 2 is 1.85 bits per heavy atom. The molecule has 26 heavy (non-hydrogen) atoms. The Labute approximate surface area is 160 Å². The predicted molar refractivity (Wildman–Crippen MR) is 113 cm³/mol. The van der Waals surface area contributed by atoms with Crippen LogP contribution in [0, 0.1) is 5.92 Å². The van der Waals surface area contributed by atoms with Gasteiger partial charge in [-0.15, -0.1) is 11.3 Å². The highest BCUT2D eigenvalue weighted by Gasteiger charge is 2.25. The van der Waals surface area contributed by atoms with Gasteiger partial charge in [-0.3, -0.25) is 0 Å². The van der Waals surface area contributed by atoms with Crippen molar-refractivity contribution < 1.29 is 5.11 Å². The quantitative estimate of drug-likeness (QED) is 0.553. The number of hydrogen-bond acceptors (Lipinski definition) is 4. The minimum Gasteiger partial charge on any atom is -0.508 e. The summed E-state index contributed by atoms with van der Waals surface area (Å²) in [6, 6.07) is 14.0. The SMILES string of the molecule is CCC(C)CC(C)(C)N(C)c1ccc(-c2nc3ccc(O)cc3s2)cc1. The van der Waals surface area contributed by atoms with Crippen LogP contribution in [0.1, 0.15) is 40.5 Å². The van der Waals surface area contributed by atoms with Gasteiger partial charge >= 0.3 is 0 Å². The second-order valence-corrected chi connectivity index (χ2v) is 8.84. The molecule has 0 spiro atoms. The maximum atomic E-state index is 9.64. The fourth-order valence-corrected chi connectivity index (χ4v) is 4.35. The summed E-state index contributed by atoms with van der Waals surface area (Å²) >= 11 is 1.61. The summed E-state index contributed by atoms with van der Waals surface area (Å²) in [5.74, 6) is 0.999. The number of nitrogens with zero attached hydrogens (tertiary/aromatic N) is 2. The molecule has 0 radical (unpaired) electrons. The van der Waals surface area contributed by atoms with Crippen molar-refractivity contribution in [2.24, 2.45) is 5.92 Å². The summed E-state index contributed by atoms with van der Waals surface area (Å²) in [4.78, 5) is 7.07. The summed E-state index contributed by atoms with van der Waals surface area (Å²) < 4.78 is 1.01. The Morgan fingerprint density at radius 1 is 1.15 bits per heavy atom. The van der Waals surface area contributed by atoms with Crippen LogP contribution in [0.15, 0.2) is 42.5 Å². The summed E-state index contributed by atoms with van der Waals surface area (Å²) in [5.41, 5.74) is 3.38. The predicted octanol–water partition coefficient (Wildman–Crippen LogP) is 6.32. The molecule has 0 aliphatic carbocycles. The number of phenols is 1. The van der Waals surface area contributed by atoms with Crippen LogP contribution in [0.25, 0.3) is 20.8 Å². The lowest BCUT2D eigenvalue weighted by atomic mass is 9.88. The number of hydrogen-bond donors (Lipinski definition) is 1. The van der Waals surface area contributed by atoms with E-state index < -0.39 is 0 Å². The van der Waals surface area contributed by atoms with E-state index in [1.807, 2.05) is 6.07 Å². The van der Waals surface area contributed by atoms with Gasteiger partial charge in [0, 0.05) is 23.8 Å². The highest BCUT2D eigenvalue weighted by Crippen LogP contribution is 2.34. The molecule has 1 aromatic heterocycles. The molecular weight excluding hydrogens is 340 g/mol. The van der Waals surface area contributed by atoms with E-state index in [1.54, 1.807) is 23.5 Å². The molecule has 0 saturated carbocycles. The molecule has 1 unspecified atom stereocenters. The minimum absolute atomic E-state index is 0.115. The molecular formula is C22H28N2OS. The van der Waals surface area contributed by atoms with Gasteiger partial charge in [0.05, 0.1) is 10.2 Å². The Bertz CT molecular complexity index is 883. The molecule has 0 aliphatic rings. The van der Waals surface area contributed by atoms with Crippen LogP contribution in [0.5, 0.6) is 5.75 Å². The molecule has 1 N–H and O–H groups in total. The zero-order valence-corrected chi connectivity index (χ0v) is 17.1. The fraction of sp³-hybridized carbons (Fsp3) is 0.409.